The lowest BCUT2D eigenvalue weighted by Crippen LogP contribution is -2.11. The van der Waals surface area contributed by atoms with Crippen molar-refractivity contribution >= 4 is 71.9 Å². The van der Waals surface area contributed by atoms with E-state index in [0.717, 1.165) is 15.8 Å². The average molecular weight is 504 g/mol. The molecule has 5 aromatic rings. The third-order valence-electron chi connectivity index (χ3n) is 4.52. The fourth-order valence-electron chi connectivity index (χ4n) is 3.02. The molecule has 5 rings (SSSR count). The molecule has 0 saturated carbocycles. The van der Waals surface area contributed by atoms with Crippen molar-refractivity contribution in [2.45, 2.75) is 4.90 Å². The summed E-state index contributed by atoms with van der Waals surface area (Å²) in [6, 6.07) is 13.4. The van der Waals surface area contributed by atoms with E-state index in [0.29, 0.717) is 38.1 Å². The molecule has 2 aromatic carbocycles. The normalized spacial score (nSPS) is 11.8. The summed E-state index contributed by atoms with van der Waals surface area (Å²) in [5, 5.41) is 12.9. The van der Waals surface area contributed by atoms with Crippen molar-refractivity contribution in [1.29, 1.82) is 0 Å². The molecule has 3 heterocycles. The van der Waals surface area contributed by atoms with Crippen LogP contribution in [0.25, 0.3) is 32.3 Å². The highest BCUT2D eigenvalue weighted by atomic mass is 35.5. The molecule has 0 aliphatic carbocycles. The highest BCUT2D eigenvalue weighted by Gasteiger charge is 2.17. The number of nitrogens with one attached hydrogen (secondary N) is 1. The van der Waals surface area contributed by atoms with E-state index in [-0.39, 0.29) is 4.90 Å². The molecule has 5 N–H and O–H groups in total. The van der Waals surface area contributed by atoms with Crippen LogP contribution in [0.4, 0.5) is 16.6 Å². The van der Waals surface area contributed by atoms with Gasteiger partial charge >= 0.3 is 0 Å². The van der Waals surface area contributed by atoms with Crippen LogP contribution in [0.1, 0.15) is 0 Å². The summed E-state index contributed by atoms with van der Waals surface area (Å²) >= 11 is 8.83. The van der Waals surface area contributed by atoms with Crippen LogP contribution in [0.15, 0.2) is 63.2 Å². The first kappa shape index (κ1) is 20.9. The summed E-state index contributed by atoms with van der Waals surface area (Å²) < 4.78 is 28.7. The Bertz CT molecular complexity index is 1560. The first-order valence-corrected chi connectivity index (χ1v) is 12.7. The van der Waals surface area contributed by atoms with Crippen molar-refractivity contribution in [3.8, 4) is 21.3 Å². The fraction of sp³-hybridized carbons (Fsp3) is 0. The molecule has 162 valence electrons. The summed E-state index contributed by atoms with van der Waals surface area (Å²) in [7, 11) is -3.74. The first-order valence-electron chi connectivity index (χ1n) is 9.08. The minimum Gasteiger partial charge on any atom is -0.454 e. The molecule has 0 amide bonds. The molecular formula is C20H14ClN5O3S3. The number of nitrogen functional groups attached to an aromatic ring is 1. The molecule has 12 heteroatoms. The first-order chi connectivity index (χ1) is 15.3. The van der Waals surface area contributed by atoms with E-state index < -0.39 is 10.0 Å². The van der Waals surface area contributed by atoms with E-state index >= 15 is 0 Å². The number of anilines is 3. The molecule has 0 aliphatic rings. The standard InChI is InChI=1S/C20H14ClN5O3S3/c21-11-1-6-15-10(7-11)8-16(29-15)14-9-30-19(25-14)17-18(22)26-20(31-17)24-12-2-4-13(5-3-12)32(23,27)28/h1-9H,22H2,(H,24,26)(H2,23,27,28). The molecule has 0 spiro atoms. The zero-order valence-electron chi connectivity index (χ0n) is 16.1. The Hall–Kier alpha value is -2.96. The zero-order valence-corrected chi connectivity index (χ0v) is 19.3. The predicted molar refractivity (Wildman–Crippen MR) is 129 cm³/mol. The van der Waals surface area contributed by atoms with Gasteiger partial charge in [0.2, 0.25) is 10.0 Å². The summed E-state index contributed by atoms with van der Waals surface area (Å²) in [6.45, 7) is 0. The number of fused-ring (bicyclic) bond motifs is 1. The number of nitrogens with two attached hydrogens (primary N) is 2. The number of primary sulfonamides is 1. The predicted octanol–water partition coefficient (Wildman–Crippen LogP) is 5.31. The molecule has 0 saturated heterocycles. The summed E-state index contributed by atoms with van der Waals surface area (Å²) in [4.78, 5) is 9.77. The Morgan fingerprint density at radius 2 is 1.84 bits per heavy atom. The number of aromatic nitrogens is 2. The number of halogens is 1. The van der Waals surface area contributed by atoms with Gasteiger partial charge in [-0.1, -0.05) is 22.9 Å². The van der Waals surface area contributed by atoms with Gasteiger partial charge in [0.15, 0.2) is 10.9 Å². The van der Waals surface area contributed by atoms with E-state index in [1.54, 1.807) is 18.2 Å². The quantitative estimate of drug-likeness (QED) is 0.295. The number of benzene rings is 2. The van der Waals surface area contributed by atoms with Gasteiger partial charge in [0, 0.05) is 21.5 Å². The third kappa shape index (κ3) is 4.08. The lowest BCUT2D eigenvalue weighted by molar-refractivity contribution is 0.598. The van der Waals surface area contributed by atoms with Crippen LogP contribution in [0.2, 0.25) is 5.02 Å². The Morgan fingerprint density at radius 3 is 2.59 bits per heavy atom. The van der Waals surface area contributed by atoms with Crippen molar-refractivity contribution in [2.75, 3.05) is 11.1 Å². The maximum atomic E-state index is 11.4. The minimum atomic E-state index is -3.74. The van der Waals surface area contributed by atoms with Gasteiger partial charge < -0.3 is 15.5 Å². The van der Waals surface area contributed by atoms with E-state index in [1.807, 2.05) is 23.6 Å². The van der Waals surface area contributed by atoms with Gasteiger partial charge in [0.1, 0.15) is 27.0 Å². The van der Waals surface area contributed by atoms with Crippen molar-refractivity contribution in [3.05, 3.63) is 58.9 Å². The Morgan fingerprint density at radius 1 is 1.06 bits per heavy atom. The van der Waals surface area contributed by atoms with Crippen LogP contribution >= 0.6 is 34.3 Å². The van der Waals surface area contributed by atoms with Crippen molar-refractivity contribution < 1.29 is 12.8 Å². The van der Waals surface area contributed by atoms with Gasteiger partial charge in [0.05, 0.1) is 4.90 Å². The highest BCUT2D eigenvalue weighted by molar-refractivity contribution is 7.89. The van der Waals surface area contributed by atoms with Gasteiger partial charge in [-0.3, -0.25) is 0 Å². The van der Waals surface area contributed by atoms with Crippen LogP contribution in [0.5, 0.6) is 0 Å². The number of rotatable bonds is 5. The number of furan rings is 1. The molecule has 8 nitrogen and oxygen atoms in total. The van der Waals surface area contributed by atoms with Crippen LogP contribution < -0.4 is 16.2 Å². The smallest absolute Gasteiger partial charge is 0.238 e. The van der Waals surface area contributed by atoms with Crippen molar-refractivity contribution in [3.63, 3.8) is 0 Å². The molecule has 0 fully saturated rings. The van der Waals surface area contributed by atoms with Crippen molar-refractivity contribution in [1.82, 2.24) is 9.97 Å². The van der Waals surface area contributed by atoms with E-state index in [4.69, 9.17) is 26.9 Å². The van der Waals surface area contributed by atoms with Crippen LogP contribution in [0.3, 0.4) is 0 Å². The Kier molecular flexibility index (Phi) is 5.14. The number of hydrogen-bond donors (Lipinski definition) is 3. The SMILES string of the molecule is Nc1nc(Nc2ccc(S(N)(=O)=O)cc2)sc1-c1nc(-c2cc3cc(Cl)ccc3o2)cs1. The second kappa shape index (κ2) is 7.87. The van der Waals surface area contributed by atoms with Gasteiger partial charge in [0.25, 0.3) is 0 Å². The topological polar surface area (TPSA) is 137 Å². The second-order valence-corrected chi connectivity index (χ2v) is 10.6. The average Bonchev–Trinajstić information content (AvgIpc) is 3.45. The van der Waals surface area contributed by atoms with Gasteiger partial charge in [-0.25, -0.2) is 23.5 Å². The lowest BCUT2D eigenvalue weighted by Gasteiger charge is -2.03. The largest absolute Gasteiger partial charge is 0.454 e. The number of nitrogens with zero attached hydrogens (tertiary/aromatic N) is 2. The minimum absolute atomic E-state index is 0.0329. The van der Waals surface area contributed by atoms with Crippen LogP contribution in [-0.4, -0.2) is 18.4 Å². The maximum Gasteiger partial charge on any atom is 0.238 e. The Labute approximate surface area is 195 Å². The highest BCUT2D eigenvalue weighted by Crippen LogP contribution is 2.40. The summed E-state index contributed by atoms with van der Waals surface area (Å²) in [5.41, 5.74) is 8.20. The van der Waals surface area contributed by atoms with E-state index in [9.17, 15) is 8.42 Å². The van der Waals surface area contributed by atoms with Gasteiger partial charge in [-0.15, -0.1) is 11.3 Å². The Balaban J connectivity index is 1.40. The van der Waals surface area contributed by atoms with Crippen LogP contribution in [0, 0.1) is 0 Å². The molecule has 0 aliphatic heterocycles. The zero-order chi connectivity index (χ0) is 22.5. The molecule has 0 unspecified atom stereocenters. The number of thiazole rings is 2. The molecule has 0 bridgehead atoms. The van der Waals surface area contributed by atoms with Crippen LogP contribution in [-0.2, 0) is 10.0 Å². The summed E-state index contributed by atoms with van der Waals surface area (Å²) in [6.07, 6.45) is 0. The maximum absolute atomic E-state index is 11.4. The molecule has 32 heavy (non-hydrogen) atoms. The molecule has 0 radical (unpaired) electrons. The second-order valence-electron chi connectivity index (χ2n) is 6.76. The molecular weight excluding hydrogens is 490 g/mol. The van der Waals surface area contributed by atoms with E-state index in [1.165, 1.54) is 34.8 Å². The number of hydrogen-bond acceptors (Lipinski definition) is 9. The number of sulfonamides is 1. The van der Waals surface area contributed by atoms with E-state index in [2.05, 4.69) is 15.3 Å². The van der Waals surface area contributed by atoms with Gasteiger partial charge in [-0.2, -0.15) is 0 Å². The lowest BCUT2D eigenvalue weighted by atomic mass is 10.2. The monoisotopic (exact) mass is 503 g/mol. The third-order valence-corrected chi connectivity index (χ3v) is 7.66. The fourth-order valence-corrected chi connectivity index (χ4v) is 5.53. The molecule has 0 atom stereocenters. The molecule has 3 aromatic heterocycles. The van der Waals surface area contributed by atoms with Gasteiger partial charge in [-0.05, 0) is 48.5 Å². The van der Waals surface area contributed by atoms with Crippen molar-refractivity contribution in [2.24, 2.45) is 5.14 Å². The summed E-state index contributed by atoms with van der Waals surface area (Å²) in [5.74, 6) is 0.983.